The average Bonchev–Trinajstić information content (AvgIpc) is 2.40. The summed E-state index contributed by atoms with van der Waals surface area (Å²) in [5.41, 5.74) is 0.640. The molecular formula is C14H10Br2FNO2. The van der Waals surface area contributed by atoms with Gasteiger partial charge in [-0.05, 0) is 46.3 Å². The minimum Gasteiger partial charge on any atom is -0.484 e. The molecule has 0 saturated carbocycles. The van der Waals surface area contributed by atoms with Gasteiger partial charge in [-0.3, -0.25) is 4.79 Å². The largest absolute Gasteiger partial charge is 0.484 e. The van der Waals surface area contributed by atoms with Gasteiger partial charge in [0.05, 0.1) is 5.69 Å². The number of benzene rings is 2. The molecule has 0 heterocycles. The number of anilines is 1. The van der Waals surface area contributed by atoms with E-state index >= 15 is 0 Å². The summed E-state index contributed by atoms with van der Waals surface area (Å²) in [6.07, 6.45) is 0. The fourth-order valence-corrected chi connectivity index (χ4v) is 2.63. The number of rotatable bonds is 4. The number of amides is 1. The third-order valence-corrected chi connectivity index (χ3v) is 3.52. The molecule has 20 heavy (non-hydrogen) atoms. The standard InChI is InChI=1S/C14H10Br2FNO2/c15-9-4-5-13(12(16)6-9)18-14(19)8-20-11-3-1-2-10(17)7-11/h1-7H,8H2,(H,18,19). The molecule has 0 radical (unpaired) electrons. The van der Waals surface area contributed by atoms with Crippen molar-refractivity contribution in [3.8, 4) is 5.75 Å². The van der Waals surface area contributed by atoms with Gasteiger partial charge in [-0.1, -0.05) is 22.0 Å². The molecular weight excluding hydrogens is 393 g/mol. The van der Waals surface area contributed by atoms with Gasteiger partial charge in [-0.2, -0.15) is 0 Å². The molecule has 0 fully saturated rings. The molecule has 0 aliphatic heterocycles. The fraction of sp³-hybridized carbons (Fsp3) is 0.0714. The number of hydrogen-bond donors (Lipinski definition) is 1. The molecule has 2 rings (SSSR count). The van der Waals surface area contributed by atoms with Crippen LogP contribution in [0.1, 0.15) is 0 Å². The maximum absolute atomic E-state index is 12.9. The number of carbonyl (C=O) groups excluding carboxylic acids is 1. The summed E-state index contributed by atoms with van der Waals surface area (Å²) in [6, 6.07) is 11.0. The average molecular weight is 403 g/mol. The Balaban J connectivity index is 1.92. The maximum atomic E-state index is 12.9. The molecule has 1 N–H and O–H groups in total. The molecule has 3 nitrogen and oxygen atoms in total. The van der Waals surface area contributed by atoms with E-state index in [1.54, 1.807) is 12.1 Å². The molecule has 1 amide bonds. The number of hydrogen-bond acceptors (Lipinski definition) is 2. The molecule has 0 atom stereocenters. The van der Waals surface area contributed by atoms with Crippen LogP contribution in [0.15, 0.2) is 51.4 Å². The predicted molar refractivity (Wildman–Crippen MR) is 82.4 cm³/mol. The van der Waals surface area contributed by atoms with Crippen LogP contribution in [-0.4, -0.2) is 12.5 Å². The van der Waals surface area contributed by atoms with Gasteiger partial charge in [-0.15, -0.1) is 0 Å². The van der Waals surface area contributed by atoms with Crippen LogP contribution < -0.4 is 10.1 Å². The van der Waals surface area contributed by atoms with Gasteiger partial charge in [-0.25, -0.2) is 4.39 Å². The highest BCUT2D eigenvalue weighted by molar-refractivity contribution is 9.11. The Morgan fingerprint density at radius 1 is 1.20 bits per heavy atom. The highest BCUT2D eigenvalue weighted by Gasteiger charge is 2.07. The van der Waals surface area contributed by atoms with Crippen LogP contribution in [0.2, 0.25) is 0 Å². The summed E-state index contributed by atoms with van der Waals surface area (Å²) < 4.78 is 19.8. The normalized spacial score (nSPS) is 10.2. The van der Waals surface area contributed by atoms with Crippen LogP contribution in [0.25, 0.3) is 0 Å². The first-order chi connectivity index (χ1) is 9.54. The van der Waals surface area contributed by atoms with Crippen LogP contribution in [0, 0.1) is 5.82 Å². The highest BCUT2D eigenvalue weighted by atomic mass is 79.9. The molecule has 0 aromatic heterocycles. The van der Waals surface area contributed by atoms with Crippen molar-refractivity contribution in [3.63, 3.8) is 0 Å². The van der Waals surface area contributed by atoms with Gasteiger partial charge in [0.15, 0.2) is 6.61 Å². The predicted octanol–water partition coefficient (Wildman–Crippen LogP) is 4.37. The lowest BCUT2D eigenvalue weighted by molar-refractivity contribution is -0.118. The van der Waals surface area contributed by atoms with Crippen molar-refractivity contribution in [1.29, 1.82) is 0 Å². The van der Waals surface area contributed by atoms with Crippen molar-refractivity contribution in [2.24, 2.45) is 0 Å². The first kappa shape index (κ1) is 15.0. The molecule has 6 heteroatoms. The van der Waals surface area contributed by atoms with Crippen LogP contribution >= 0.6 is 31.9 Å². The van der Waals surface area contributed by atoms with Crippen molar-refractivity contribution in [2.75, 3.05) is 11.9 Å². The van der Waals surface area contributed by atoms with Gasteiger partial charge in [0.2, 0.25) is 0 Å². The van der Waals surface area contributed by atoms with E-state index in [4.69, 9.17) is 4.74 Å². The Bertz CT molecular complexity index is 634. The van der Waals surface area contributed by atoms with Gasteiger partial charge in [0.25, 0.3) is 5.91 Å². The summed E-state index contributed by atoms with van der Waals surface area (Å²) in [6.45, 7) is -0.189. The Hall–Kier alpha value is -1.40. The Kier molecular flexibility index (Phi) is 5.14. The zero-order valence-corrected chi connectivity index (χ0v) is 13.4. The molecule has 0 unspecified atom stereocenters. The maximum Gasteiger partial charge on any atom is 0.262 e. The van der Waals surface area contributed by atoms with Gasteiger partial charge >= 0.3 is 0 Å². The topological polar surface area (TPSA) is 38.3 Å². The lowest BCUT2D eigenvalue weighted by atomic mass is 10.3. The van der Waals surface area contributed by atoms with Crippen molar-refractivity contribution in [3.05, 3.63) is 57.2 Å². The van der Waals surface area contributed by atoms with Crippen LogP contribution in [-0.2, 0) is 4.79 Å². The lowest BCUT2D eigenvalue weighted by Gasteiger charge is -2.09. The van der Waals surface area contributed by atoms with Crippen LogP contribution in [0.5, 0.6) is 5.75 Å². The van der Waals surface area contributed by atoms with E-state index < -0.39 is 5.82 Å². The van der Waals surface area contributed by atoms with Crippen LogP contribution in [0.3, 0.4) is 0 Å². The lowest BCUT2D eigenvalue weighted by Crippen LogP contribution is -2.20. The van der Waals surface area contributed by atoms with Crippen molar-refractivity contribution >= 4 is 43.5 Å². The molecule has 0 saturated heterocycles. The summed E-state index contributed by atoms with van der Waals surface area (Å²) in [7, 11) is 0. The highest BCUT2D eigenvalue weighted by Crippen LogP contribution is 2.26. The first-order valence-electron chi connectivity index (χ1n) is 5.68. The first-order valence-corrected chi connectivity index (χ1v) is 7.26. The molecule has 0 bridgehead atoms. The fourth-order valence-electron chi connectivity index (χ4n) is 1.48. The van der Waals surface area contributed by atoms with Gasteiger partial charge in [0.1, 0.15) is 11.6 Å². The van der Waals surface area contributed by atoms with E-state index in [0.717, 1.165) is 8.95 Å². The number of ether oxygens (including phenoxy) is 1. The third-order valence-electron chi connectivity index (χ3n) is 2.37. The summed E-state index contributed by atoms with van der Waals surface area (Å²) in [5.74, 6) is -0.411. The third kappa shape index (κ3) is 4.31. The Morgan fingerprint density at radius 3 is 2.70 bits per heavy atom. The molecule has 104 valence electrons. The van der Waals surface area contributed by atoms with Crippen molar-refractivity contribution in [2.45, 2.75) is 0 Å². The van der Waals surface area contributed by atoms with E-state index in [1.165, 1.54) is 18.2 Å². The molecule has 0 spiro atoms. The second-order valence-corrected chi connectivity index (χ2v) is 5.69. The summed E-state index contributed by atoms with van der Waals surface area (Å²) in [4.78, 5) is 11.7. The van der Waals surface area contributed by atoms with Gasteiger partial charge in [0, 0.05) is 15.0 Å². The number of carbonyl (C=O) groups is 1. The van der Waals surface area contributed by atoms with E-state index in [1.807, 2.05) is 12.1 Å². The zero-order valence-electron chi connectivity index (χ0n) is 10.2. The number of halogens is 3. The monoisotopic (exact) mass is 401 g/mol. The summed E-state index contributed by atoms with van der Waals surface area (Å²) in [5, 5.41) is 2.70. The van der Waals surface area contributed by atoms with Crippen molar-refractivity contribution < 1.29 is 13.9 Å². The minimum absolute atomic E-state index is 0.189. The van der Waals surface area contributed by atoms with E-state index in [-0.39, 0.29) is 12.5 Å². The Morgan fingerprint density at radius 2 is 2.00 bits per heavy atom. The Labute approximate surface area is 132 Å². The molecule has 0 aliphatic rings. The second kappa shape index (κ2) is 6.85. The molecule has 2 aromatic carbocycles. The van der Waals surface area contributed by atoms with E-state index in [9.17, 15) is 9.18 Å². The quantitative estimate of drug-likeness (QED) is 0.824. The number of nitrogens with one attached hydrogen (secondary N) is 1. The van der Waals surface area contributed by atoms with Crippen LogP contribution in [0.4, 0.5) is 10.1 Å². The summed E-state index contributed by atoms with van der Waals surface area (Å²) >= 11 is 6.67. The molecule has 0 aliphatic carbocycles. The SMILES string of the molecule is O=C(COc1cccc(F)c1)Nc1ccc(Br)cc1Br. The smallest absolute Gasteiger partial charge is 0.262 e. The molecule has 2 aromatic rings. The zero-order chi connectivity index (χ0) is 14.5. The van der Waals surface area contributed by atoms with Gasteiger partial charge < -0.3 is 10.1 Å². The minimum atomic E-state index is -0.404. The van der Waals surface area contributed by atoms with Crippen molar-refractivity contribution in [1.82, 2.24) is 0 Å². The second-order valence-electron chi connectivity index (χ2n) is 3.92. The van der Waals surface area contributed by atoms with E-state index in [2.05, 4.69) is 37.2 Å². The van der Waals surface area contributed by atoms with E-state index in [0.29, 0.717) is 11.4 Å².